The number of rotatable bonds is 0. The van der Waals surface area contributed by atoms with E-state index in [1.165, 1.54) is 11.1 Å². The van der Waals surface area contributed by atoms with Crippen LogP contribution in [0.4, 0.5) is 0 Å². The van der Waals surface area contributed by atoms with Gasteiger partial charge in [-0.3, -0.25) is 0 Å². The molecule has 13 heavy (non-hydrogen) atoms. The van der Waals surface area contributed by atoms with Gasteiger partial charge in [-0.25, -0.2) is 0 Å². The molecule has 70 valence electrons. The standard InChI is InChI=1S/C10H11Cl2N/c1-6-4-13-5-9-8(6)2-7(11)3-10(9)12/h2-3,6,13H,4-5H2,1H3. The third-order valence-electron chi connectivity index (χ3n) is 2.48. The molecular weight excluding hydrogens is 205 g/mol. The van der Waals surface area contributed by atoms with Crippen LogP contribution < -0.4 is 5.32 Å². The predicted molar refractivity (Wildman–Crippen MR) is 56.6 cm³/mol. The summed E-state index contributed by atoms with van der Waals surface area (Å²) in [6.45, 7) is 4.04. The lowest BCUT2D eigenvalue weighted by molar-refractivity contribution is 0.571. The van der Waals surface area contributed by atoms with Gasteiger partial charge in [-0.1, -0.05) is 30.1 Å². The molecule has 2 rings (SSSR count). The highest BCUT2D eigenvalue weighted by atomic mass is 35.5. The van der Waals surface area contributed by atoms with E-state index in [-0.39, 0.29) is 0 Å². The van der Waals surface area contributed by atoms with Crippen molar-refractivity contribution in [3.63, 3.8) is 0 Å². The van der Waals surface area contributed by atoms with E-state index in [4.69, 9.17) is 23.2 Å². The Balaban J connectivity index is 2.56. The average Bonchev–Trinajstić information content (AvgIpc) is 2.07. The third-order valence-corrected chi connectivity index (χ3v) is 3.03. The van der Waals surface area contributed by atoms with Crippen molar-refractivity contribution in [2.24, 2.45) is 0 Å². The Hall–Kier alpha value is -0.240. The quantitative estimate of drug-likeness (QED) is 0.702. The molecule has 0 fully saturated rings. The fraction of sp³-hybridized carbons (Fsp3) is 0.400. The minimum atomic E-state index is 0.500. The molecule has 1 aromatic carbocycles. The summed E-state index contributed by atoms with van der Waals surface area (Å²) in [6.07, 6.45) is 0. The van der Waals surface area contributed by atoms with Crippen molar-refractivity contribution in [3.8, 4) is 0 Å². The molecule has 0 amide bonds. The number of hydrogen-bond donors (Lipinski definition) is 1. The second-order valence-electron chi connectivity index (χ2n) is 3.49. The first-order valence-corrected chi connectivity index (χ1v) is 5.12. The molecule has 0 saturated carbocycles. The summed E-state index contributed by atoms with van der Waals surface area (Å²) in [5.41, 5.74) is 2.49. The van der Waals surface area contributed by atoms with Crippen LogP contribution in [0.15, 0.2) is 12.1 Å². The summed E-state index contributed by atoms with van der Waals surface area (Å²) < 4.78 is 0. The molecule has 1 unspecified atom stereocenters. The molecule has 1 aromatic rings. The van der Waals surface area contributed by atoms with E-state index < -0.39 is 0 Å². The first-order valence-electron chi connectivity index (χ1n) is 4.37. The lowest BCUT2D eigenvalue weighted by atomic mass is 9.92. The molecule has 0 spiro atoms. The number of hydrogen-bond acceptors (Lipinski definition) is 1. The molecule has 0 saturated heterocycles. The predicted octanol–water partition coefficient (Wildman–Crippen LogP) is 3.20. The summed E-state index contributed by atoms with van der Waals surface area (Å²) in [5, 5.41) is 4.84. The van der Waals surface area contributed by atoms with Gasteiger partial charge in [0.2, 0.25) is 0 Å². The Bertz CT molecular complexity index is 336. The lowest BCUT2D eigenvalue weighted by Crippen LogP contribution is -2.26. The Morgan fingerprint density at radius 1 is 1.38 bits per heavy atom. The van der Waals surface area contributed by atoms with Gasteiger partial charge in [-0.15, -0.1) is 0 Å². The number of nitrogens with one attached hydrogen (secondary N) is 1. The fourth-order valence-corrected chi connectivity index (χ4v) is 2.35. The molecule has 1 nitrogen and oxygen atoms in total. The highest BCUT2D eigenvalue weighted by Crippen LogP contribution is 2.32. The molecule has 0 aromatic heterocycles. The molecule has 0 aliphatic carbocycles. The van der Waals surface area contributed by atoms with Gasteiger partial charge in [0.1, 0.15) is 0 Å². The van der Waals surface area contributed by atoms with Crippen LogP contribution in [0.1, 0.15) is 24.0 Å². The summed E-state index contributed by atoms with van der Waals surface area (Å²) in [6, 6.07) is 3.83. The van der Waals surface area contributed by atoms with Crippen LogP contribution in [-0.4, -0.2) is 6.54 Å². The zero-order chi connectivity index (χ0) is 9.42. The van der Waals surface area contributed by atoms with Crippen LogP contribution >= 0.6 is 23.2 Å². The highest BCUT2D eigenvalue weighted by molar-refractivity contribution is 6.35. The molecule has 1 atom stereocenters. The van der Waals surface area contributed by atoms with Crippen LogP contribution in [0.25, 0.3) is 0 Å². The van der Waals surface area contributed by atoms with Crippen LogP contribution in [0, 0.1) is 0 Å². The molecule has 1 heterocycles. The maximum Gasteiger partial charge on any atom is 0.0468 e. The molecule has 1 N–H and O–H groups in total. The van der Waals surface area contributed by atoms with Gasteiger partial charge in [0.05, 0.1) is 0 Å². The van der Waals surface area contributed by atoms with Crippen molar-refractivity contribution >= 4 is 23.2 Å². The van der Waals surface area contributed by atoms with Crippen molar-refractivity contribution in [2.45, 2.75) is 19.4 Å². The minimum absolute atomic E-state index is 0.500. The molecule has 1 aliphatic heterocycles. The van der Waals surface area contributed by atoms with E-state index in [9.17, 15) is 0 Å². The van der Waals surface area contributed by atoms with Crippen molar-refractivity contribution < 1.29 is 0 Å². The number of fused-ring (bicyclic) bond motifs is 1. The molecule has 1 aliphatic rings. The summed E-state index contributed by atoms with van der Waals surface area (Å²) in [4.78, 5) is 0. The molecule has 3 heteroatoms. The fourth-order valence-electron chi connectivity index (χ4n) is 1.77. The number of halogens is 2. The van der Waals surface area contributed by atoms with Crippen LogP contribution in [0.3, 0.4) is 0 Å². The van der Waals surface area contributed by atoms with Gasteiger partial charge in [0.25, 0.3) is 0 Å². The van der Waals surface area contributed by atoms with Crippen molar-refractivity contribution in [1.82, 2.24) is 5.32 Å². The van der Waals surface area contributed by atoms with Gasteiger partial charge in [-0.2, -0.15) is 0 Å². The maximum atomic E-state index is 6.09. The van der Waals surface area contributed by atoms with Crippen molar-refractivity contribution in [3.05, 3.63) is 33.3 Å². The monoisotopic (exact) mass is 215 g/mol. The first-order chi connectivity index (χ1) is 6.18. The normalized spacial score (nSPS) is 21.3. The zero-order valence-corrected chi connectivity index (χ0v) is 8.91. The lowest BCUT2D eigenvalue weighted by Gasteiger charge is -2.24. The van der Waals surface area contributed by atoms with E-state index in [0.717, 1.165) is 23.1 Å². The Morgan fingerprint density at radius 2 is 2.15 bits per heavy atom. The van der Waals surface area contributed by atoms with Crippen LogP contribution in [-0.2, 0) is 6.54 Å². The topological polar surface area (TPSA) is 12.0 Å². The van der Waals surface area contributed by atoms with E-state index in [1.54, 1.807) is 0 Å². The van der Waals surface area contributed by atoms with Gasteiger partial charge in [0, 0.05) is 23.1 Å². The highest BCUT2D eigenvalue weighted by Gasteiger charge is 2.18. The molecule has 0 radical (unpaired) electrons. The Labute approximate surface area is 88.0 Å². The Kier molecular flexibility index (Phi) is 2.50. The summed E-state index contributed by atoms with van der Waals surface area (Å²) in [7, 11) is 0. The Morgan fingerprint density at radius 3 is 2.92 bits per heavy atom. The van der Waals surface area contributed by atoms with E-state index in [0.29, 0.717) is 5.92 Å². The average molecular weight is 216 g/mol. The van der Waals surface area contributed by atoms with E-state index >= 15 is 0 Å². The van der Waals surface area contributed by atoms with E-state index in [1.807, 2.05) is 12.1 Å². The van der Waals surface area contributed by atoms with E-state index in [2.05, 4.69) is 12.2 Å². The van der Waals surface area contributed by atoms with Crippen molar-refractivity contribution in [1.29, 1.82) is 0 Å². The van der Waals surface area contributed by atoms with Gasteiger partial charge in [0.15, 0.2) is 0 Å². The van der Waals surface area contributed by atoms with Crippen molar-refractivity contribution in [2.75, 3.05) is 6.54 Å². The van der Waals surface area contributed by atoms with Crippen LogP contribution in [0.5, 0.6) is 0 Å². The molecule has 0 bridgehead atoms. The SMILES string of the molecule is CC1CNCc2c(Cl)cc(Cl)cc21. The minimum Gasteiger partial charge on any atom is -0.312 e. The largest absolute Gasteiger partial charge is 0.312 e. The maximum absolute atomic E-state index is 6.09. The molecular formula is C10H11Cl2N. The first kappa shape index (κ1) is 9.32. The van der Waals surface area contributed by atoms with Gasteiger partial charge >= 0.3 is 0 Å². The zero-order valence-electron chi connectivity index (χ0n) is 7.40. The summed E-state index contributed by atoms with van der Waals surface area (Å²) >= 11 is 12.0. The second kappa shape index (κ2) is 3.49. The summed E-state index contributed by atoms with van der Waals surface area (Å²) in [5.74, 6) is 0.500. The smallest absolute Gasteiger partial charge is 0.0468 e. The second-order valence-corrected chi connectivity index (χ2v) is 4.33. The third kappa shape index (κ3) is 1.69. The van der Waals surface area contributed by atoms with Gasteiger partial charge in [-0.05, 0) is 29.2 Å². The van der Waals surface area contributed by atoms with Crippen LogP contribution in [0.2, 0.25) is 10.0 Å². The number of benzene rings is 1. The van der Waals surface area contributed by atoms with Gasteiger partial charge < -0.3 is 5.32 Å².